The van der Waals surface area contributed by atoms with Gasteiger partial charge in [-0.1, -0.05) is 0 Å². The molecular formula is C13H15FN2O. The van der Waals surface area contributed by atoms with E-state index < -0.39 is 5.82 Å². The van der Waals surface area contributed by atoms with Crippen molar-refractivity contribution in [2.24, 2.45) is 0 Å². The van der Waals surface area contributed by atoms with Crippen LogP contribution in [0.1, 0.15) is 25.3 Å². The molecule has 90 valence electrons. The van der Waals surface area contributed by atoms with E-state index in [0.717, 1.165) is 19.4 Å². The molecule has 1 atom stereocenters. The second-order valence-corrected chi connectivity index (χ2v) is 4.68. The van der Waals surface area contributed by atoms with Crippen LogP contribution in [0, 0.1) is 17.1 Å². The van der Waals surface area contributed by atoms with E-state index in [4.69, 9.17) is 10.00 Å². The van der Waals surface area contributed by atoms with Crippen LogP contribution in [0.4, 0.5) is 10.1 Å². The summed E-state index contributed by atoms with van der Waals surface area (Å²) in [5.74, 6) is -0.396. The fourth-order valence-corrected chi connectivity index (χ4v) is 2.11. The van der Waals surface area contributed by atoms with Crippen LogP contribution in [0.25, 0.3) is 0 Å². The van der Waals surface area contributed by atoms with E-state index in [1.165, 1.54) is 12.1 Å². The summed E-state index contributed by atoms with van der Waals surface area (Å²) in [6.07, 6.45) is 1.97. The van der Waals surface area contributed by atoms with Crippen LogP contribution in [0.5, 0.6) is 0 Å². The molecule has 0 radical (unpaired) electrons. The first kappa shape index (κ1) is 11.9. The summed E-state index contributed by atoms with van der Waals surface area (Å²) >= 11 is 0. The lowest BCUT2D eigenvalue weighted by Gasteiger charge is -2.35. The molecule has 1 N–H and O–H groups in total. The highest BCUT2D eigenvalue weighted by molar-refractivity contribution is 5.51. The quantitative estimate of drug-likeness (QED) is 0.855. The summed E-state index contributed by atoms with van der Waals surface area (Å²) < 4.78 is 18.7. The van der Waals surface area contributed by atoms with Gasteiger partial charge in [-0.15, -0.1) is 0 Å². The predicted octanol–water partition coefficient (Wildman–Crippen LogP) is 2.68. The van der Waals surface area contributed by atoms with Gasteiger partial charge in [0.1, 0.15) is 5.82 Å². The van der Waals surface area contributed by atoms with Gasteiger partial charge < -0.3 is 10.1 Å². The standard InChI is InChI=1S/C13H15FN2O/c1-13(3-2-4-17-9-13)16-12-6-10(8-15)5-11(14)7-12/h5-7,16H,2-4,9H2,1H3. The van der Waals surface area contributed by atoms with Crippen LogP contribution >= 0.6 is 0 Å². The highest BCUT2D eigenvalue weighted by Gasteiger charge is 2.27. The molecule has 1 aliphatic heterocycles. The third-order valence-corrected chi connectivity index (χ3v) is 2.91. The fourth-order valence-electron chi connectivity index (χ4n) is 2.11. The molecule has 1 aliphatic rings. The van der Waals surface area contributed by atoms with E-state index in [9.17, 15) is 4.39 Å². The molecule has 0 aromatic heterocycles. The van der Waals surface area contributed by atoms with Crippen LogP contribution in [0.2, 0.25) is 0 Å². The summed E-state index contributed by atoms with van der Waals surface area (Å²) in [5, 5.41) is 12.0. The largest absolute Gasteiger partial charge is 0.379 e. The Bertz CT molecular complexity index is 447. The average molecular weight is 234 g/mol. The van der Waals surface area contributed by atoms with E-state index in [1.54, 1.807) is 6.07 Å². The number of hydrogen-bond acceptors (Lipinski definition) is 3. The Morgan fingerprint density at radius 2 is 2.29 bits per heavy atom. The average Bonchev–Trinajstić information content (AvgIpc) is 2.28. The molecule has 0 amide bonds. The van der Waals surface area contributed by atoms with E-state index in [2.05, 4.69) is 5.32 Å². The number of hydrogen-bond donors (Lipinski definition) is 1. The Hall–Kier alpha value is -1.60. The minimum Gasteiger partial charge on any atom is -0.379 e. The molecule has 1 saturated heterocycles. The maximum Gasteiger partial charge on any atom is 0.126 e. The monoisotopic (exact) mass is 234 g/mol. The van der Waals surface area contributed by atoms with Gasteiger partial charge in [-0.25, -0.2) is 4.39 Å². The normalized spacial score (nSPS) is 24.1. The molecule has 4 heteroatoms. The molecule has 3 nitrogen and oxygen atoms in total. The van der Waals surface area contributed by atoms with Crippen molar-refractivity contribution in [3.8, 4) is 6.07 Å². The van der Waals surface area contributed by atoms with E-state index >= 15 is 0 Å². The number of ether oxygens (including phenoxy) is 1. The second-order valence-electron chi connectivity index (χ2n) is 4.68. The van der Waals surface area contributed by atoms with Gasteiger partial charge >= 0.3 is 0 Å². The Balaban J connectivity index is 2.17. The summed E-state index contributed by atoms with van der Waals surface area (Å²) in [5.41, 5.74) is 0.779. The zero-order valence-electron chi connectivity index (χ0n) is 9.79. The molecule has 0 spiro atoms. The molecule has 0 saturated carbocycles. The number of halogens is 1. The van der Waals surface area contributed by atoms with Crippen molar-refractivity contribution in [3.05, 3.63) is 29.6 Å². The fraction of sp³-hybridized carbons (Fsp3) is 0.462. The van der Waals surface area contributed by atoms with E-state index in [0.29, 0.717) is 17.9 Å². The number of nitriles is 1. The summed E-state index contributed by atoms with van der Waals surface area (Å²) in [6, 6.07) is 6.23. The summed E-state index contributed by atoms with van der Waals surface area (Å²) in [7, 11) is 0. The molecule has 1 aromatic rings. The van der Waals surface area contributed by atoms with E-state index in [1.807, 2.05) is 13.0 Å². The molecule has 1 aromatic carbocycles. The lowest BCUT2D eigenvalue weighted by atomic mass is 9.94. The van der Waals surface area contributed by atoms with Crippen molar-refractivity contribution >= 4 is 5.69 Å². The lowest BCUT2D eigenvalue weighted by molar-refractivity contribution is 0.0540. The predicted molar refractivity (Wildman–Crippen MR) is 63.2 cm³/mol. The number of nitrogens with zero attached hydrogens (tertiary/aromatic N) is 1. The molecule has 0 aliphatic carbocycles. The van der Waals surface area contributed by atoms with Gasteiger partial charge in [-0.05, 0) is 38.0 Å². The second kappa shape index (κ2) is 4.72. The van der Waals surface area contributed by atoms with Crippen molar-refractivity contribution in [3.63, 3.8) is 0 Å². The SMILES string of the molecule is CC1(Nc2cc(F)cc(C#N)c2)CCCOC1. The van der Waals surface area contributed by atoms with Crippen LogP contribution in [-0.2, 0) is 4.74 Å². The molecule has 1 fully saturated rings. The molecule has 17 heavy (non-hydrogen) atoms. The smallest absolute Gasteiger partial charge is 0.126 e. The summed E-state index contributed by atoms with van der Waals surface area (Å²) in [6.45, 7) is 3.43. The first-order chi connectivity index (χ1) is 8.11. The van der Waals surface area contributed by atoms with Crippen LogP contribution in [-0.4, -0.2) is 18.8 Å². The van der Waals surface area contributed by atoms with Crippen molar-refractivity contribution in [2.75, 3.05) is 18.5 Å². The first-order valence-corrected chi connectivity index (χ1v) is 5.68. The van der Waals surface area contributed by atoms with Crippen molar-refractivity contribution in [1.82, 2.24) is 0 Å². The van der Waals surface area contributed by atoms with Crippen molar-refractivity contribution < 1.29 is 9.13 Å². The Morgan fingerprint density at radius 1 is 1.47 bits per heavy atom. The minimum atomic E-state index is -0.396. The van der Waals surface area contributed by atoms with Gasteiger partial charge in [-0.2, -0.15) is 5.26 Å². The Kier molecular flexibility index (Phi) is 3.30. The topological polar surface area (TPSA) is 45.0 Å². The van der Waals surface area contributed by atoms with Gasteiger partial charge in [0, 0.05) is 12.3 Å². The van der Waals surface area contributed by atoms with Crippen LogP contribution < -0.4 is 5.32 Å². The summed E-state index contributed by atoms with van der Waals surface area (Å²) in [4.78, 5) is 0. The van der Waals surface area contributed by atoms with Gasteiger partial charge in [0.2, 0.25) is 0 Å². The van der Waals surface area contributed by atoms with E-state index in [-0.39, 0.29) is 5.54 Å². The van der Waals surface area contributed by atoms with Gasteiger partial charge in [0.25, 0.3) is 0 Å². The highest BCUT2D eigenvalue weighted by atomic mass is 19.1. The maximum absolute atomic E-state index is 13.3. The van der Waals surface area contributed by atoms with Crippen molar-refractivity contribution in [2.45, 2.75) is 25.3 Å². The zero-order valence-corrected chi connectivity index (χ0v) is 9.79. The molecule has 1 heterocycles. The Morgan fingerprint density at radius 3 is 2.94 bits per heavy atom. The van der Waals surface area contributed by atoms with Gasteiger partial charge in [0.05, 0.1) is 23.8 Å². The van der Waals surface area contributed by atoms with Gasteiger partial charge in [-0.3, -0.25) is 0 Å². The van der Waals surface area contributed by atoms with Crippen molar-refractivity contribution in [1.29, 1.82) is 5.26 Å². The number of nitrogens with one attached hydrogen (secondary N) is 1. The highest BCUT2D eigenvalue weighted by Crippen LogP contribution is 2.25. The number of rotatable bonds is 2. The lowest BCUT2D eigenvalue weighted by Crippen LogP contribution is -2.43. The molecule has 0 bridgehead atoms. The molecular weight excluding hydrogens is 219 g/mol. The molecule has 1 unspecified atom stereocenters. The first-order valence-electron chi connectivity index (χ1n) is 5.68. The maximum atomic E-state index is 13.3. The third-order valence-electron chi connectivity index (χ3n) is 2.91. The zero-order chi connectivity index (χ0) is 12.3. The van der Waals surface area contributed by atoms with Gasteiger partial charge in [0.15, 0.2) is 0 Å². The third kappa shape index (κ3) is 2.95. The van der Waals surface area contributed by atoms with Crippen LogP contribution in [0.15, 0.2) is 18.2 Å². The molecule has 2 rings (SSSR count). The Labute approximate surface area is 100 Å². The minimum absolute atomic E-state index is 0.182. The number of anilines is 1. The number of benzene rings is 1. The van der Waals surface area contributed by atoms with Crippen LogP contribution in [0.3, 0.4) is 0 Å².